The van der Waals surface area contributed by atoms with Crippen LogP contribution in [0.2, 0.25) is 0 Å². The lowest BCUT2D eigenvalue weighted by molar-refractivity contribution is -0.133. The summed E-state index contributed by atoms with van der Waals surface area (Å²) in [5, 5.41) is 0. The minimum Gasteiger partial charge on any atom is -0.341 e. The van der Waals surface area contributed by atoms with Crippen molar-refractivity contribution in [1.82, 2.24) is 4.90 Å². The number of ketones is 1. The third-order valence-electron chi connectivity index (χ3n) is 2.78. The lowest BCUT2D eigenvalue weighted by Crippen LogP contribution is -2.34. The Morgan fingerprint density at radius 1 is 1.17 bits per heavy atom. The van der Waals surface area contributed by atoms with Gasteiger partial charge in [-0.1, -0.05) is 0 Å². The smallest absolute Gasteiger partial charge is 0.317 e. The fraction of sp³-hybridized carbons (Fsp3) is 0.0769. The largest absolute Gasteiger partial charge is 0.341 e. The quantitative estimate of drug-likeness (QED) is 0.587. The number of rotatable bonds is 0. The molecule has 1 amide bonds. The Morgan fingerprint density at radius 2 is 2.06 bits per heavy atom. The molecule has 0 aromatic heterocycles. The average Bonchev–Trinajstić information content (AvgIpc) is 2.32. The van der Waals surface area contributed by atoms with Crippen LogP contribution >= 0.6 is 0 Å². The van der Waals surface area contributed by atoms with E-state index in [-0.39, 0.29) is 0 Å². The van der Waals surface area contributed by atoms with Crippen LogP contribution in [0.3, 0.4) is 0 Å². The Labute approximate surface area is 103 Å². The molecule has 3 rings (SSSR count). The van der Waals surface area contributed by atoms with Crippen molar-refractivity contribution < 1.29 is 9.59 Å². The number of fused-ring (bicyclic) bond motifs is 2. The normalized spacial score (nSPS) is 21.6. The number of dihydropyridines is 1. The van der Waals surface area contributed by atoms with Crippen LogP contribution in [0, 0.1) is 0 Å². The molecule has 88 valence electrons. The van der Waals surface area contributed by atoms with Crippen LogP contribution in [0.1, 0.15) is 0 Å². The first kappa shape index (κ1) is 10.6. The molecule has 0 spiro atoms. The molecule has 5 nitrogen and oxygen atoms in total. The lowest BCUT2D eigenvalue weighted by atomic mass is 10.00. The van der Waals surface area contributed by atoms with Gasteiger partial charge in [-0.3, -0.25) is 14.6 Å². The molecule has 0 N–H and O–H groups in total. The van der Waals surface area contributed by atoms with E-state index in [1.807, 2.05) is 23.3 Å². The van der Waals surface area contributed by atoms with Crippen molar-refractivity contribution in [3.05, 3.63) is 48.0 Å². The minimum absolute atomic E-state index is 0.465. The van der Waals surface area contributed by atoms with Gasteiger partial charge in [0.1, 0.15) is 0 Å². The summed E-state index contributed by atoms with van der Waals surface area (Å²) in [5.41, 5.74) is 2.17. The molecule has 3 aliphatic heterocycles. The highest BCUT2D eigenvalue weighted by atomic mass is 16.2. The van der Waals surface area contributed by atoms with Gasteiger partial charge in [-0.25, -0.2) is 4.99 Å². The van der Waals surface area contributed by atoms with Gasteiger partial charge in [0.15, 0.2) is 0 Å². The fourth-order valence-corrected chi connectivity index (χ4v) is 1.90. The topological polar surface area (TPSA) is 62.1 Å². The van der Waals surface area contributed by atoms with Gasteiger partial charge in [0.05, 0.1) is 24.2 Å². The van der Waals surface area contributed by atoms with Crippen LogP contribution in [-0.2, 0) is 9.59 Å². The van der Waals surface area contributed by atoms with Gasteiger partial charge in [0, 0.05) is 24.0 Å². The third kappa shape index (κ3) is 1.75. The highest BCUT2D eigenvalue weighted by Gasteiger charge is 2.26. The second-order valence-electron chi connectivity index (χ2n) is 3.99. The molecule has 0 saturated heterocycles. The zero-order valence-electron chi connectivity index (χ0n) is 9.41. The second-order valence-corrected chi connectivity index (χ2v) is 3.99. The molecular formula is C13H9N3O2. The number of nitrogens with zero attached hydrogens (tertiary/aromatic N) is 3. The molecule has 0 saturated carbocycles. The number of carbonyl (C=O) groups excluding carboxylic acids is 2. The maximum atomic E-state index is 11.3. The van der Waals surface area contributed by atoms with Crippen molar-refractivity contribution in [3.8, 4) is 0 Å². The van der Waals surface area contributed by atoms with Gasteiger partial charge in [0.25, 0.3) is 0 Å². The van der Waals surface area contributed by atoms with Gasteiger partial charge in [0.2, 0.25) is 5.78 Å². The van der Waals surface area contributed by atoms with E-state index < -0.39 is 11.7 Å². The van der Waals surface area contributed by atoms with Gasteiger partial charge in [-0.2, -0.15) is 0 Å². The van der Waals surface area contributed by atoms with Gasteiger partial charge in [-0.05, 0) is 18.2 Å². The summed E-state index contributed by atoms with van der Waals surface area (Å²) in [5.74, 6) is -1.27. The van der Waals surface area contributed by atoms with E-state index in [9.17, 15) is 9.59 Å². The summed E-state index contributed by atoms with van der Waals surface area (Å²) < 4.78 is 0. The highest BCUT2D eigenvalue weighted by Crippen LogP contribution is 2.20. The van der Waals surface area contributed by atoms with Crippen molar-refractivity contribution in [2.45, 2.75) is 0 Å². The maximum Gasteiger partial charge on any atom is 0.317 e. The standard InChI is InChI=1S/C13H9N3O2/c17-12-6-9-5-10-7-14-3-1-2-4-16(10)8-11(9)15-13(12)18/h1-7H,8H2. The number of aliphatic imine (C=N–C) groups is 2. The number of amides is 1. The first-order valence-electron chi connectivity index (χ1n) is 5.47. The predicted molar refractivity (Wildman–Crippen MR) is 67.1 cm³/mol. The molecule has 0 aromatic carbocycles. The summed E-state index contributed by atoms with van der Waals surface area (Å²) in [6, 6.07) is 0. The Hall–Kier alpha value is -2.56. The molecule has 0 unspecified atom stereocenters. The van der Waals surface area contributed by atoms with Crippen molar-refractivity contribution in [2.24, 2.45) is 9.98 Å². The molecule has 0 aromatic rings. The van der Waals surface area contributed by atoms with E-state index in [0.717, 1.165) is 5.70 Å². The van der Waals surface area contributed by atoms with E-state index in [2.05, 4.69) is 9.98 Å². The van der Waals surface area contributed by atoms with E-state index >= 15 is 0 Å². The van der Waals surface area contributed by atoms with Crippen LogP contribution in [0.4, 0.5) is 0 Å². The molecule has 0 radical (unpaired) electrons. The molecule has 3 aliphatic rings. The van der Waals surface area contributed by atoms with Crippen molar-refractivity contribution in [2.75, 3.05) is 6.54 Å². The Balaban J connectivity index is 2.07. The predicted octanol–water partition coefficient (Wildman–Crippen LogP) is 0.774. The average molecular weight is 239 g/mol. The van der Waals surface area contributed by atoms with Crippen molar-refractivity contribution in [1.29, 1.82) is 0 Å². The van der Waals surface area contributed by atoms with Crippen LogP contribution in [0.15, 0.2) is 58.0 Å². The number of hydrogen-bond acceptors (Lipinski definition) is 4. The SMILES string of the molecule is O=C1C=C2C=C3C=NC=CC=CN3CC2=NC1=O. The van der Waals surface area contributed by atoms with E-state index in [1.54, 1.807) is 18.5 Å². The van der Waals surface area contributed by atoms with Crippen LogP contribution in [0.5, 0.6) is 0 Å². The molecule has 0 fully saturated rings. The monoisotopic (exact) mass is 239 g/mol. The first-order chi connectivity index (χ1) is 8.74. The first-order valence-corrected chi connectivity index (χ1v) is 5.47. The zero-order chi connectivity index (χ0) is 12.5. The molecule has 3 heterocycles. The summed E-state index contributed by atoms with van der Waals surface area (Å²) in [7, 11) is 0. The number of hydrogen-bond donors (Lipinski definition) is 0. The molecule has 0 aliphatic carbocycles. The molecule has 0 atom stereocenters. The van der Waals surface area contributed by atoms with E-state index in [0.29, 0.717) is 17.8 Å². The van der Waals surface area contributed by atoms with Crippen molar-refractivity contribution >= 4 is 23.6 Å². The lowest BCUT2D eigenvalue weighted by Gasteiger charge is -2.28. The van der Waals surface area contributed by atoms with E-state index in [4.69, 9.17) is 0 Å². The Kier molecular flexibility index (Phi) is 2.37. The second kappa shape index (κ2) is 4.03. The maximum absolute atomic E-state index is 11.3. The molecule has 0 bridgehead atoms. The minimum atomic E-state index is -0.699. The van der Waals surface area contributed by atoms with Crippen molar-refractivity contribution in [3.63, 3.8) is 0 Å². The zero-order valence-corrected chi connectivity index (χ0v) is 9.41. The van der Waals surface area contributed by atoms with Crippen LogP contribution in [0.25, 0.3) is 0 Å². The molecular weight excluding hydrogens is 230 g/mol. The summed E-state index contributed by atoms with van der Waals surface area (Å²) in [6.45, 7) is 0.465. The Bertz CT molecular complexity index is 618. The summed E-state index contributed by atoms with van der Waals surface area (Å²) >= 11 is 0. The molecule has 5 heteroatoms. The third-order valence-corrected chi connectivity index (χ3v) is 2.78. The van der Waals surface area contributed by atoms with Gasteiger partial charge < -0.3 is 4.90 Å². The highest BCUT2D eigenvalue weighted by molar-refractivity contribution is 6.46. The number of allylic oxidation sites excluding steroid dienone is 4. The number of carbonyl (C=O) groups is 2. The van der Waals surface area contributed by atoms with Gasteiger partial charge in [-0.15, -0.1) is 0 Å². The van der Waals surface area contributed by atoms with E-state index in [1.165, 1.54) is 6.08 Å². The van der Waals surface area contributed by atoms with Crippen LogP contribution in [-0.4, -0.2) is 35.1 Å². The Morgan fingerprint density at radius 3 is 2.94 bits per heavy atom. The van der Waals surface area contributed by atoms with Gasteiger partial charge >= 0.3 is 5.91 Å². The fourth-order valence-electron chi connectivity index (χ4n) is 1.90. The summed E-state index contributed by atoms with van der Waals surface area (Å²) in [4.78, 5) is 32.4. The molecule has 18 heavy (non-hydrogen) atoms. The summed E-state index contributed by atoms with van der Waals surface area (Å²) in [6.07, 6.45) is 12.1. The van der Waals surface area contributed by atoms with Crippen LogP contribution < -0.4 is 0 Å².